The fraction of sp³-hybridized carbons (Fsp3) is 0.263. The van der Waals surface area contributed by atoms with E-state index in [4.69, 9.17) is 4.74 Å². The number of anilines is 1. The molecule has 2 aromatic rings. The number of methoxy groups -OCH3 is 1. The molecule has 0 aromatic heterocycles. The number of hydrogen-bond acceptors (Lipinski definition) is 5. The highest BCUT2D eigenvalue weighted by atomic mass is 16.6. The van der Waals surface area contributed by atoms with Crippen molar-refractivity contribution in [3.63, 3.8) is 0 Å². The minimum atomic E-state index is -0.980. The topological polar surface area (TPSA) is 89.8 Å². The first-order chi connectivity index (χ1) is 12.5. The van der Waals surface area contributed by atoms with Gasteiger partial charge in [-0.2, -0.15) is 0 Å². The van der Waals surface area contributed by atoms with Crippen LogP contribution < -0.4 is 9.64 Å². The number of nitrogens with zero attached hydrogens (tertiary/aromatic N) is 2. The van der Waals surface area contributed by atoms with Gasteiger partial charge in [0.1, 0.15) is 11.8 Å². The quantitative estimate of drug-likeness (QED) is 0.608. The Morgan fingerprint density at radius 2 is 1.88 bits per heavy atom. The van der Waals surface area contributed by atoms with Crippen molar-refractivity contribution in [2.24, 2.45) is 0 Å². The summed E-state index contributed by atoms with van der Waals surface area (Å²) in [6.07, 6.45) is 0. The highest BCUT2D eigenvalue weighted by molar-refractivity contribution is 6.17. The summed E-state index contributed by atoms with van der Waals surface area (Å²) in [6, 6.07) is 12.6. The molecule has 2 atom stereocenters. The zero-order valence-corrected chi connectivity index (χ0v) is 14.4. The van der Waals surface area contributed by atoms with Gasteiger partial charge < -0.3 is 9.64 Å². The minimum Gasteiger partial charge on any atom is -0.496 e. The van der Waals surface area contributed by atoms with Gasteiger partial charge in [-0.25, -0.2) is 0 Å². The van der Waals surface area contributed by atoms with Crippen LogP contribution in [0.4, 0.5) is 5.69 Å². The second-order valence-corrected chi connectivity index (χ2v) is 6.08. The number of Topliss-reactive ketones (excluding diaryl/α,β-unsaturated/α-hetero) is 1. The SMILES string of the molecule is COc1ccccc1[C@@H](C[N+](=O)[O-])[C@H]1C(=O)c2ccccc2N1C(C)=O. The summed E-state index contributed by atoms with van der Waals surface area (Å²) in [4.78, 5) is 37.6. The van der Waals surface area contributed by atoms with Crippen LogP contribution in [0.25, 0.3) is 0 Å². The number of fused-ring (bicyclic) bond motifs is 1. The number of hydrogen-bond donors (Lipinski definition) is 0. The van der Waals surface area contributed by atoms with Crippen LogP contribution in [0, 0.1) is 10.1 Å². The van der Waals surface area contributed by atoms with Crippen LogP contribution in [0.5, 0.6) is 5.75 Å². The normalized spacial score (nSPS) is 16.9. The number of para-hydroxylation sites is 2. The van der Waals surface area contributed by atoms with Crippen molar-refractivity contribution < 1.29 is 19.2 Å². The zero-order valence-electron chi connectivity index (χ0n) is 14.4. The van der Waals surface area contributed by atoms with E-state index in [-0.39, 0.29) is 11.7 Å². The summed E-state index contributed by atoms with van der Waals surface area (Å²) >= 11 is 0. The van der Waals surface area contributed by atoms with Gasteiger partial charge in [0.25, 0.3) is 0 Å². The van der Waals surface area contributed by atoms with Gasteiger partial charge in [-0.05, 0) is 18.2 Å². The van der Waals surface area contributed by atoms with Crippen LogP contribution in [0.2, 0.25) is 0 Å². The van der Waals surface area contributed by atoms with Crippen LogP contribution in [0.1, 0.15) is 28.8 Å². The highest BCUT2D eigenvalue weighted by Gasteiger charge is 2.46. The third kappa shape index (κ3) is 2.92. The Kier molecular flexibility index (Phi) is 4.71. The first-order valence-electron chi connectivity index (χ1n) is 8.13. The van der Waals surface area contributed by atoms with Crippen LogP contribution in [0.15, 0.2) is 48.5 Å². The lowest BCUT2D eigenvalue weighted by molar-refractivity contribution is -0.483. The second-order valence-electron chi connectivity index (χ2n) is 6.08. The molecule has 1 amide bonds. The number of benzene rings is 2. The van der Waals surface area contributed by atoms with Gasteiger partial charge in [0, 0.05) is 23.0 Å². The van der Waals surface area contributed by atoms with Crippen LogP contribution in [0.3, 0.4) is 0 Å². The maximum Gasteiger partial charge on any atom is 0.224 e. The number of amides is 1. The molecule has 1 aliphatic heterocycles. The molecule has 0 fully saturated rings. The molecule has 1 heterocycles. The van der Waals surface area contributed by atoms with Crippen LogP contribution in [-0.4, -0.2) is 36.3 Å². The van der Waals surface area contributed by atoms with Crippen LogP contribution >= 0.6 is 0 Å². The van der Waals surface area contributed by atoms with E-state index >= 15 is 0 Å². The molecule has 0 bridgehead atoms. The number of carbonyl (C=O) groups is 2. The molecule has 3 rings (SSSR count). The van der Waals surface area contributed by atoms with Crippen molar-refractivity contribution in [2.75, 3.05) is 18.6 Å². The second kappa shape index (κ2) is 6.95. The van der Waals surface area contributed by atoms with Gasteiger partial charge in [0.05, 0.1) is 18.7 Å². The van der Waals surface area contributed by atoms with Crippen molar-refractivity contribution in [3.05, 3.63) is 69.8 Å². The van der Waals surface area contributed by atoms with Crippen molar-refractivity contribution in [1.82, 2.24) is 0 Å². The lowest BCUT2D eigenvalue weighted by atomic mass is 9.87. The minimum absolute atomic E-state index is 0.298. The smallest absolute Gasteiger partial charge is 0.224 e. The molecule has 7 nitrogen and oxygen atoms in total. The Labute approximate surface area is 150 Å². The van der Waals surface area contributed by atoms with Gasteiger partial charge in [0.15, 0.2) is 5.78 Å². The summed E-state index contributed by atoms with van der Waals surface area (Å²) in [5.41, 5.74) is 1.42. The van der Waals surface area contributed by atoms with E-state index in [2.05, 4.69) is 0 Å². The van der Waals surface area contributed by atoms with E-state index in [0.717, 1.165) is 0 Å². The summed E-state index contributed by atoms with van der Waals surface area (Å²) in [7, 11) is 1.47. The van der Waals surface area contributed by atoms with Gasteiger partial charge in [-0.1, -0.05) is 30.3 Å². The monoisotopic (exact) mass is 354 g/mol. The average molecular weight is 354 g/mol. The van der Waals surface area contributed by atoms with Crippen LogP contribution in [-0.2, 0) is 4.79 Å². The Hall–Kier alpha value is -3.22. The number of carbonyl (C=O) groups excluding carboxylic acids is 2. The predicted molar refractivity (Wildman–Crippen MR) is 95.3 cm³/mol. The molecule has 0 spiro atoms. The molecule has 1 aliphatic rings. The molecule has 26 heavy (non-hydrogen) atoms. The molecule has 0 unspecified atom stereocenters. The van der Waals surface area contributed by atoms with E-state index in [1.54, 1.807) is 48.5 Å². The first kappa shape index (κ1) is 17.6. The number of nitro groups is 1. The summed E-state index contributed by atoms with van der Waals surface area (Å²) in [5.74, 6) is -1.01. The highest BCUT2D eigenvalue weighted by Crippen LogP contribution is 2.40. The maximum atomic E-state index is 13.1. The Balaban J connectivity index is 2.16. The van der Waals surface area contributed by atoms with Gasteiger partial charge in [-0.15, -0.1) is 0 Å². The number of rotatable bonds is 5. The average Bonchev–Trinajstić information content (AvgIpc) is 2.92. The van der Waals surface area contributed by atoms with E-state index in [1.165, 1.54) is 18.9 Å². The third-order valence-electron chi connectivity index (χ3n) is 4.58. The first-order valence-corrected chi connectivity index (χ1v) is 8.13. The van der Waals surface area contributed by atoms with Crippen molar-refractivity contribution >= 4 is 17.4 Å². The van der Waals surface area contributed by atoms with E-state index in [1.807, 2.05) is 0 Å². The lowest BCUT2D eigenvalue weighted by Gasteiger charge is -2.29. The van der Waals surface area contributed by atoms with Crippen molar-refractivity contribution in [2.45, 2.75) is 18.9 Å². The Bertz CT molecular complexity index is 880. The molecule has 7 heteroatoms. The fourth-order valence-electron chi connectivity index (χ4n) is 3.55. The summed E-state index contributed by atoms with van der Waals surface area (Å²) < 4.78 is 5.34. The third-order valence-corrected chi connectivity index (χ3v) is 4.58. The number of ether oxygens (including phenoxy) is 1. The van der Waals surface area contributed by atoms with Crippen molar-refractivity contribution in [3.8, 4) is 5.75 Å². The van der Waals surface area contributed by atoms with Gasteiger partial charge in [0.2, 0.25) is 12.5 Å². The van der Waals surface area contributed by atoms with E-state index < -0.39 is 23.4 Å². The molecule has 134 valence electrons. The predicted octanol–water partition coefficient (Wildman–Crippen LogP) is 2.67. The molecule has 0 radical (unpaired) electrons. The zero-order chi connectivity index (χ0) is 18.8. The number of ketones is 1. The summed E-state index contributed by atoms with van der Waals surface area (Å²) in [6.45, 7) is 0.863. The molecular weight excluding hydrogens is 336 g/mol. The standard InChI is InChI=1S/C19H18N2O5/c1-12(22)21-16-9-5-3-8-14(16)19(23)18(21)15(11-20(24)25)13-7-4-6-10-17(13)26-2/h3-10,15,18H,11H2,1-2H3/t15-,18+/m1/s1. The Morgan fingerprint density at radius 3 is 2.54 bits per heavy atom. The largest absolute Gasteiger partial charge is 0.496 e. The molecule has 2 aromatic carbocycles. The molecule has 0 aliphatic carbocycles. The molecule has 0 saturated carbocycles. The summed E-state index contributed by atoms with van der Waals surface area (Å²) in [5, 5.41) is 11.3. The van der Waals surface area contributed by atoms with E-state index in [0.29, 0.717) is 22.6 Å². The van der Waals surface area contributed by atoms with Crippen molar-refractivity contribution in [1.29, 1.82) is 0 Å². The fourth-order valence-corrected chi connectivity index (χ4v) is 3.55. The maximum absolute atomic E-state index is 13.1. The van der Waals surface area contributed by atoms with Gasteiger partial charge in [-0.3, -0.25) is 19.7 Å². The van der Waals surface area contributed by atoms with Gasteiger partial charge >= 0.3 is 0 Å². The molecule has 0 saturated heterocycles. The van der Waals surface area contributed by atoms with E-state index in [9.17, 15) is 19.7 Å². The lowest BCUT2D eigenvalue weighted by Crippen LogP contribution is -2.45. The molecule has 0 N–H and O–H groups in total. The molecular formula is C19H18N2O5. The Morgan fingerprint density at radius 1 is 1.23 bits per heavy atom.